The molecule has 1 saturated carbocycles. The van der Waals surface area contributed by atoms with Crippen molar-refractivity contribution in [2.75, 3.05) is 6.54 Å². The Morgan fingerprint density at radius 2 is 1.75 bits per heavy atom. The highest BCUT2D eigenvalue weighted by Gasteiger charge is 2.26. The summed E-state index contributed by atoms with van der Waals surface area (Å²) in [6.45, 7) is 7.80. The molecule has 2 N–H and O–H groups in total. The zero-order valence-corrected chi connectivity index (χ0v) is 13.2. The summed E-state index contributed by atoms with van der Waals surface area (Å²) in [5.74, 6) is 1.93. The minimum atomic E-state index is 0.186. The first-order chi connectivity index (χ1) is 9.44. The Morgan fingerprint density at radius 3 is 2.30 bits per heavy atom. The molecule has 0 radical (unpaired) electrons. The maximum atomic E-state index is 9.40. The first-order valence-corrected chi connectivity index (χ1v) is 7.97. The molecular formula is C18H29NO. The first kappa shape index (κ1) is 15.4. The lowest BCUT2D eigenvalue weighted by Gasteiger charge is -2.29. The van der Waals surface area contributed by atoms with Crippen molar-refractivity contribution in [3.8, 4) is 5.75 Å². The predicted molar refractivity (Wildman–Crippen MR) is 85.0 cm³/mol. The van der Waals surface area contributed by atoms with Gasteiger partial charge in [-0.25, -0.2) is 0 Å². The van der Waals surface area contributed by atoms with Gasteiger partial charge in [-0.1, -0.05) is 37.8 Å². The molecule has 1 aliphatic rings. The molecule has 112 valence electrons. The lowest BCUT2D eigenvalue weighted by Crippen LogP contribution is -2.41. The van der Waals surface area contributed by atoms with Crippen LogP contribution in [0.15, 0.2) is 24.3 Å². The summed E-state index contributed by atoms with van der Waals surface area (Å²) in [7, 11) is 0. The van der Waals surface area contributed by atoms with Crippen LogP contribution < -0.4 is 5.32 Å². The summed E-state index contributed by atoms with van der Waals surface area (Å²) in [5, 5.41) is 13.1. The zero-order chi connectivity index (χ0) is 14.6. The highest BCUT2D eigenvalue weighted by Crippen LogP contribution is 2.33. The number of phenols is 1. The van der Waals surface area contributed by atoms with Crippen molar-refractivity contribution in [1.82, 2.24) is 5.32 Å². The molecule has 2 nitrogen and oxygen atoms in total. The molecular weight excluding hydrogens is 246 g/mol. The lowest BCUT2D eigenvalue weighted by molar-refractivity contribution is 0.286. The average molecular weight is 275 g/mol. The Labute approximate surface area is 123 Å². The van der Waals surface area contributed by atoms with Gasteiger partial charge in [-0.05, 0) is 63.3 Å². The number of phenolic OH excluding ortho intramolecular Hbond substituents is 1. The largest absolute Gasteiger partial charge is 0.508 e. The van der Waals surface area contributed by atoms with Crippen molar-refractivity contribution < 1.29 is 5.11 Å². The van der Waals surface area contributed by atoms with Crippen LogP contribution in [0, 0.1) is 11.8 Å². The number of hydrogen-bond donors (Lipinski definition) is 2. The predicted octanol–water partition coefficient (Wildman–Crippen LogP) is 4.13. The summed E-state index contributed by atoms with van der Waals surface area (Å²) in [4.78, 5) is 0. The van der Waals surface area contributed by atoms with Crippen LogP contribution >= 0.6 is 0 Å². The van der Waals surface area contributed by atoms with Crippen LogP contribution in [0.5, 0.6) is 5.75 Å². The van der Waals surface area contributed by atoms with Crippen LogP contribution in [0.25, 0.3) is 0 Å². The maximum absolute atomic E-state index is 9.40. The first-order valence-electron chi connectivity index (χ1n) is 7.97. The summed E-state index contributed by atoms with van der Waals surface area (Å²) < 4.78 is 0. The fourth-order valence-electron chi connectivity index (χ4n) is 3.21. The Bertz CT molecular complexity index is 398. The standard InChI is InChI=1S/C18H29NO/c1-18(2,3)19-13-16(15-6-4-5-7-15)12-14-8-10-17(20)11-9-14/h8-11,15-16,19-20H,4-7,12-13H2,1-3H3. The second-order valence-corrected chi connectivity index (χ2v) is 7.31. The van der Waals surface area contributed by atoms with Gasteiger partial charge in [0, 0.05) is 5.54 Å². The van der Waals surface area contributed by atoms with E-state index in [2.05, 4.69) is 38.2 Å². The van der Waals surface area contributed by atoms with Gasteiger partial charge in [-0.2, -0.15) is 0 Å². The van der Waals surface area contributed by atoms with Gasteiger partial charge in [0.2, 0.25) is 0 Å². The van der Waals surface area contributed by atoms with Gasteiger partial charge in [0.15, 0.2) is 0 Å². The normalized spacial score (nSPS) is 18.4. The maximum Gasteiger partial charge on any atom is 0.115 e. The van der Waals surface area contributed by atoms with E-state index in [0.29, 0.717) is 11.7 Å². The molecule has 2 heteroatoms. The van der Waals surface area contributed by atoms with Gasteiger partial charge in [0.1, 0.15) is 5.75 Å². The molecule has 2 rings (SSSR count). The van der Waals surface area contributed by atoms with Crippen molar-refractivity contribution in [2.45, 2.75) is 58.4 Å². The average Bonchev–Trinajstić information content (AvgIpc) is 2.89. The summed E-state index contributed by atoms with van der Waals surface area (Å²) in [6, 6.07) is 7.74. The van der Waals surface area contributed by atoms with Crippen LogP contribution in [0.3, 0.4) is 0 Å². The second-order valence-electron chi connectivity index (χ2n) is 7.31. The Balaban J connectivity index is 1.99. The van der Waals surface area contributed by atoms with Gasteiger partial charge in [-0.15, -0.1) is 0 Å². The molecule has 1 aromatic carbocycles. The third kappa shape index (κ3) is 4.82. The third-order valence-corrected chi connectivity index (χ3v) is 4.40. The third-order valence-electron chi connectivity index (χ3n) is 4.40. The van der Waals surface area contributed by atoms with Gasteiger partial charge >= 0.3 is 0 Å². The van der Waals surface area contributed by atoms with E-state index in [1.807, 2.05) is 0 Å². The number of nitrogens with one attached hydrogen (secondary N) is 1. The summed E-state index contributed by atoms with van der Waals surface area (Å²) in [5.41, 5.74) is 1.53. The minimum absolute atomic E-state index is 0.186. The molecule has 1 aliphatic carbocycles. The molecule has 0 aromatic heterocycles. The molecule has 0 heterocycles. The van der Waals surface area contributed by atoms with Gasteiger partial charge in [0.05, 0.1) is 0 Å². The minimum Gasteiger partial charge on any atom is -0.508 e. The van der Waals surface area contributed by atoms with Crippen molar-refractivity contribution in [2.24, 2.45) is 11.8 Å². The van der Waals surface area contributed by atoms with E-state index < -0.39 is 0 Å². The zero-order valence-electron chi connectivity index (χ0n) is 13.2. The molecule has 1 fully saturated rings. The smallest absolute Gasteiger partial charge is 0.115 e. The van der Waals surface area contributed by atoms with E-state index in [9.17, 15) is 5.11 Å². The van der Waals surface area contributed by atoms with E-state index in [-0.39, 0.29) is 5.54 Å². The fourth-order valence-corrected chi connectivity index (χ4v) is 3.21. The summed E-state index contributed by atoms with van der Waals surface area (Å²) in [6.07, 6.45) is 6.68. The van der Waals surface area contributed by atoms with Crippen molar-refractivity contribution in [3.05, 3.63) is 29.8 Å². The summed E-state index contributed by atoms with van der Waals surface area (Å²) >= 11 is 0. The van der Waals surface area contributed by atoms with Crippen molar-refractivity contribution in [3.63, 3.8) is 0 Å². The van der Waals surface area contributed by atoms with Crippen molar-refractivity contribution >= 4 is 0 Å². The Morgan fingerprint density at radius 1 is 1.15 bits per heavy atom. The van der Waals surface area contributed by atoms with E-state index in [1.54, 1.807) is 12.1 Å². The number of benzene rings is 1. The van der Waals surface area contributed by atoms with E-state index in [0.717, 1.165) is 18.9 Å². The Kier molecular flexibility index (Phi) is 5.09. The van der Waals surface area contributed by atoms with Crippen LogP contribution in [-0.2, 0) is 6.42 Å². The van der Waals surface area contributed by atoms with Crippen LogP contribution in [-0.4, -0.2) is 17.2 Å². The quantitative estimate of drug-likeness (QED) is 0.847. The molecule has 0 saturated heterocycles. The number of rotatable bonds is 5. The highest BCUT2D eigenvalue weighted by molar-refractivity contribution is 5.26. The molecule has 0 bridgehead atoms. The number of hydrogen-bond acceptors (Lipinski definition) is 2. The van der Waals surface area contributed by atoms with E-state index >= 15 is 0 Å². The van der Waals surface area contributed by atoms with Gasteiger partial charge in [-0.3, -0.25) is 0 Å². The van der Waals surface area contributed by atoms with Crippen LogP contribution in [0.4, 0.5) is 0 Å². The van der Waals surface area contributed by atoms with E-state index in [4.69, 9.17) is 0 Å². The molecule has 1 atom stereocenters. The lowest BCUT2D eigenvalue weighted by atomic mass is 9.85. The molecule has 1 aromatic rings. The second kappa shape index (κ2) is 6.62. The molecule has 0 amide bonds. The van der Waals surface area contributed by atoms with E-state index in [1.165, 1.54) is 31.2 Å². The fraction of sp³-hybridized carbons (Fsp3) is 0.667. The topological polar surface area (TPSA) is 32.3 Å². The SMILES string of the molecule is CC(C)(C)NCC(Cc1ccc(O)cc1)C1CCCC1. The van der Waals surface area contributed by atoms with Crippen LogP contribution in [0.1, 0.15) is 52.0 Å². The molecule has 1 unspecified atom stereocenters. The van der Waals surface area contributed by atoms with Crippen LogP contribution in [0.2, 0.25) is 0 Å². The van der Waals surface area contributed by atoms with Gasteiger partial charge in [0.25, 0.3) is 0 Å². The monoisotopic (exact) mass is 275 g/mol. The Hall–Kier alpha value is -1.02. The molecule has 20 heavy (non-hydrogen) atoms. The van der Waals surface area contributed by atoms with Gasteiger partial charge < -0.3 is 10.4 Å². The number of aromatic hydroxyl groups is 1. The highest BCUT2D eigenvalue weighted by atomic mass is 16.3. The molecule has 0 aliphatic heterocycles. The molecule has 0 spiro atoms. The van der Waals surface area contributed by atoms with Crippen molar-refractivity contribution in [1.29, 1.82) is 0 Å².